The van der Waals surface area contributed by atoms with Crippen molar-refractivity contribution >= 4 is 27.3 Å². The highest BCUT2D eigenvalue weighted by molar-refractivity contribution is 7.92. The van der Waals surface area contributed by atoms with Gasteiger partial charge in [-0.1, -0.05) is 20.8 Å². The van der Waals surface area contributed by atoms with Gasteiger partial charge in [0, 0.05) is 12.1 Å². The lowest BCUT2D eigenvalue weighted by molar-refractivity contribution is -0.384. The molecule has 2 aromatic carbocycles. The molecule has 1 N–H and O–H groups in total. The molecule has 36 heavy (non-hydrogen) atoms. The second-order valence-electron chi connectivity index (χ2n) is 8.93. The van der Waals surface area contributed by atoms with Gasteiger partial charge in [0.1, 0.15) is 23.2 Å². The SMILES string of the molecule is CC[C@H](C(=O)N[C@H](C)c1cc(C(C)C)c(OC)cc1C)N(c1cc([N+](=O)[O-])ccc1OC)S(C)(=O)=O. The van der Waals surface area contributed by atoms with Crippen LogP contribution in [0.1, 0.15) is 62.8 Å². The molecule has 0 radical (unpaired) electrons. The van der Waals surface area contributed by atoms with Gasteiger partial charge in [-0.3, -0.25) is 19.2 Å². The van der Waals surface area contributed by atoms with Crippen molar-refractivity contribution in [3.05, 3.63) is 57.1 Å². The molecule has 2 rings (SSSR count). The van der Waals surface area contributed by atoms with Crippen molar-refractivity contribution in [2.75, 3.05) is 24.8 Å². The number of anilines is 1. The Labute approximate surface area is 212 Å². The summed E-state index contributed by atoms with van der Waals surface area (Å²) in [4.78, 5) is 24.2. The van der Waals surface area contributed by atoms with Crippen molar-refractivity contribution in [2.45, 2.75) is 59.0 Å². The van der Waals surface area contributed by atoms with E-state index in [1.54, 1.807) is 14.0 Å². The number of aryl methyl sites for hydroxylation is 1. The molecular weight excluding hydrogens is 486 g/mol. The van der Waals surface area contributed by atoms with Gasteiger partial charge >= 0.3 is 0 Å². The highest BCUT2D eigenvalue weighted by atomic mass is 32.2. The molecule has 0 bridgehead atoms. The maximum Gasteiger partial charge on any atom is 0.271 e. The van der Waals surface area contributed by atoms with Crippen LogP contribution >= 0.6 is 0 Å². The second kappa shape index (κ2) is 11.6. The average Bonchev–Trinajstić information content (AvgIpc) is 2.80. The quantitative estimate of drug-likeness (QED) is 0.341. The maximum absolute atomic E-state index is 13.5. The van der Waals surface area contributed by atoms with Crippen molar-refractivity contribution in [1.29, 1.82) is 0 Å². The lowest BCUT2D eigenvalue weighted by atomic mass is 9.93. The summed E-state index contributed by atoms with van der Waals surface area (Å²) in [7, 11) is -1.09. The molecule has 1 amide bonds. The number of rotatable bonds is 11. The highest BCUT2D eigenvalue weighted by Gasteiger charge is 2.35. The van der Waals surface area contributed by atoms with Gasteiger partial charge in [-0.05, 0) is 61.1 Å². The van der Waals surface area contributed by atoms with Gasteiger partial charge in [0.25, 0.3) is 5.69 Å². The maximum atomic E-state index is 13.5. The first-order valence-corrected chi connectivity index (χ1v) is 13.4. The minimum absolute atomic E-state index is 0.0772. The molecule has 0 spiro atoms. The zero-order valence-corrected chi connectivity index (χ0v) is 22.8. The van der Waals surface area contributed by atoms with Gasteiger partial charge in [0.2, 0.25) is 15.9 Å². The second-order valence-corrected chi connectivity index (χ2v) is 10.8. The summed E-state index contributed by atoms with van der Waals surface area (Å²) >= 11 is 0. The van der Waals surface area contributed by atoms with E-state index in [-0.39, 0.29) is 29.5 Å². The first kappa shape index (κ1) is 28.9. The van der Waals surface area contributed by atoms with E-state index < -0.39 is 32.9 Å². The number of nitrogens with zero attached hydrogens (tertiary/aromatic N) is 2. The number of methoxy groups -OCH3 is 2. The number of carbonyl (C=O) groups is 1. The number of hydrogen-bond donors (Lipinski definition) is 1. The lowest BCUT2D eigenvalue weighted by Crippen LogP contribution is -2.50. The van der Waals surface area contributed by atoms with Crippen LogP contribution < -0.4 is 19.1 Å². The number of ether oxygens (including phenoxy) is 2. The monoisotopic (exact) mass is 521 g/mol. The van der Waals surface area contributed by atoms with Crippen LogP contribution in [0.5, 0.6) is 11.5 Å². The van der Waals surface area contributed by atoms with Crippen LogP contribution in [0.2, 0.25) is 0 Å². The number of nitrogens with one attached hydrogen (secondary N) is 1. The van der Waals surface area contributed by atoms with E-state index in [1.165, 1.54) is 19.2 Å². The van der Waals surface area contributed by atoms with Gasteiger partial charge < -0.3 is 14.8 Å². The number of nitro groups is 1. The average molecular weight is 522 g/mol. The summed E-state index contributed by atoms with van der Waals surface area (Å²) in [5, 5.41) is 14.3. The molecule has 0 heterocycles. The Balaban J connectivity index is 2.52. The fraction of sp³-hybridized carbons (Fsp3) is 0.480. The largest absolute Gasteiger partial charge is 0.496 e. The van der Waals surface area contributed by atoms with Crippen molar-refractivity contribution in [1.82, 2.24) is 5.32 Å². The predicted octanol–water partition coefficient (Wildman–Crippen LogP) is 4.47. The lowest BCUT2D eigenvalue weighted by Gasteiger charge is -2.32. The van der Waals surface area contributed by atoms with E-state index in [1.807, 2.05) is 39.8 Å². The smallest absolute Gasteiger partial charge is 0.271 e. The number of benzene rings is 2. The van der Waals surface area contributed by atoms with Gasteiger partial charge in [0.15, 0.2) is 0 Å². The molecule has 10 nitrogen and oxygen atoms in total. The zero-order chi connectivity index (χ0) is 27.4. The number of sulfonamides is 1. The van der Waals surface area contributed by atoms with Crippen LogP contribution in [0.15, 0.2) is 30.3 Å². The molecule has 0 aliphatic heterocycles. The fourth-order valence-corrected chi connectivity index (χ4v) is 5.40. The molecular formula is C25H35N3O7S. The standard InChI is InChI=1S/C25H35N3O7S/c1-9-21(27(36(8,32)33)22-13-18(28(30)31)10-11-23(22)34-6)25(29)26-17(5)20-14-19(15(2)3)24(35-7)12-16(20)4/h10-15,17,21H,9H2,1-8H3,(H,26,29)/t17-,21-/m1/s1. The van der Waals surface area contributed by atoms with Gasteiger partial charge in [0.05, 0.1) is 31.4 Å². The Kier molecular flexibility index (Phi) is 9.31. The van der Waals surface area contributed by atoms with Crippen molar-refractivity contribution < 1.29 is 27.6 Å². The molecule has 0 saturated carbocycles. The summed E-state index contributed by atoms with van der Waals surface area (Å²) in [5.74, 6) is 0.507. The topological polar surface area (TPSA) is 128 Å². The molecule has 198 valence electrons. The molecule has 11 heteroatoms. The Bertz CT molecular complexity index is 1230. The molecule has 2 atom stereocenters. The minimum atomic E-state index is -4.03. The number of non-ortho nitro benzene ring substituents is 1. The third-order valence-corrected chi connectivity index (χ3v) is 7.17. The molecule has 2 aromatic rings. The fourth-order valence-electron chi connectivity index (χ4n) is 4.20. The molecule has 0 aliphatic rings. The van der Waals surface area contributed by atoms with Gasteiger partial charge in [-0.2, -0.15) is 0 Å². The summed E-state index contributed by atoms with van der Waals surface area (Å²) in [6.45, 7) is 9.50. The third-order valence-electron chi connectivity index (χ3n) is 6.01. The minimum Gasteiger partial charge on any atom is -0.496 e. The van der Waals surface area contributed by atoms with Crippen LogP contribution in [0.3, 0.4) is 0 Å². The van der Waals surface area contributed by atoms with Crippen LogP contribution in [-0.4, -0.2) is 45.8 Å². The number of carbonyl (C=O) groups excluding carboxylic acids is 1. The van der Waals surface area contributed by atoms with Crippen LogP contribution in [0.25, 0.3) is 0 Å². The molecule has 0 aliphatic carbocycles. The normalized spacial score (nSPS) is 13.1. The van der Waals surface area contributed by atoms with E-state index in [4.69, 9.17) is 9.47 Å². The number of amides is 1. The van der Waals surface area contributed by atoms with Crippen LogP contribution in [-0.2, 0) is 14.8 Å². The van der Waals surface area contributed by atoms with Crippen LogP contribution in [0, 0.1) is 17.0 Å². The predicted molar refractivity (Wildman–Crippen MR) is 139 cm³/mol. The van der Waals surface area contributed by atoms with Gasteiger partial charge in [-0.25, -0.2) is 8.42 Å². The Morgan fingerprint density at radius 1 is 1.08 bits per heavy atom. The molecule has 0 fully saturated rings. The van der Waals surface area contributed by atoms with E-state index in [0.29, 0.717) is 0 Å². The van der Waals surface area contributed by atoms with Crippen molar-refractivity contribution in [3.8, 4) is 11.5 Å². The van der Waals surface area contributed by atoms with E-state index in [9.17, 15) is 23.3 Å². The van der Waals surface area contributed by atoms with Gasteiger partial charge in [-0.15, -0.1) is 0 Å². The van der Waals surface area contributed by atoms with Crippen molar-refractivity contribution in [3.63, 3.8) is 0 Å². The highest BCUT2D eigenvalue weighted by Crippen LogP contribution is 2.36. The third kappa shape index (κ3) is 6.26. The molecule has 0 aromatic heterocycles. The Morgan fingerprint density at radius 3 is 2.17 bits per heavy atom. The molecule has 0 saturated heterocycles. The van der Waals surface area contributed by atoms with Crippen molar-refractivity contribution in [2.24, 2.45) is 0 Å². The Morgan fingerprint density at radius 2 is 1.69 bits per heavy atom. The number of nitro benzene ring substituents is 1. The first-order valence-electron chi connectivity index (χ1n) is 11.6. The first-order chi connectivity index (χ1) is 16.8. The summed E-state index contributed by atoms with van der Waals surface area (Å²) in [5.41, 5.74) is 2.38. The number of hydrogen-bond acceptors (Lipinski definition) is 7. The Hall–Kier alpha value is -3.34. The van der Waals surface area contributed by atoms with E-state index in [0.717, 1.165) is 39.1 Å². The summed E-state index contributed by atoms with van der Waals surface area (Å²) < 4.78 is 37.5. The van der Waals surface area contributed by atoms with Crippen LogP contribution in [0.4, 0.5) is 11.4 Å². The zero-order valence-electron chi connectivity index (χ0n) is 22.0. The molecule has 0 unspecified atom stereocenters. The van der Waals surface area contributed by atoms with E-state index in [2.05, 4.69) is 5.32 Å². The summed E-state index contributed by atoms with van der Waals surface area (Å²) in [6.07, 6.45) is 1.07. The van der Waals surface area contributed by atoms with E-state index >= 15 is 0 Å². The summed E-state index contributed by atoms with van der Waals surface area (Å²) in [6, 6.07) is 5.92.